The molecule has 0 aliphatic carbocycles. The summed E-state index contributed by atoms with van der Waals surface area (Å²) < 4.78 is 28.3. The zero-order chi connectivity index (χ0) is 22.0. The topological polar surface area (TPSA) is 90.9 Å². The van der Waals surface area contributed by atoms with E-state index in [1.807, 2.05) is 30.3 Å². The zero-order valence-corrected chi connectivity index (χ0v) is 18.5. The number of halogens is 1. The van der Waals surface area contributed by atoms with Gasteiger partial charge in [-0.15, -0.1) is 0 Å². The average Bonchev–Trinajstić information content (AvgIpc) is 2.71. The number of esters is 2. The van der Waals surface area contributed by atoms with Crippen LogP contribution in [0, 0.1) is 0 Å². The van der Waals surface area contributed by atoms with Crippen molar-refractivity contribution in [3.63, 3.8) is 0 Å². The first-order valence-corrected chi connectivity index (χ1v) is 12.0. The van der Waals surface area contributed by atoms with Gasteiger partial charge in [0.25, 0.3) is 0 Å². The van der Waals surface area contributed by atoms with Crippen LogP contribution < -0.4 is 9.61 Å². The van der Waals surface area contributed by atoms with Gasteiger partial charge in [-0.2, -0.15) is 0 Å². The molecule has 0 heterocycles. The van der Waals surface area contributed by atoms with Crippen LogP contribution in [0.25, 0.3) is 0 Å². The number of benzene rings is 2. The van der Waals surface area contributed by atoms with Crippen LogP contribution in [-0.2, 0) is 36.7 Å². The van der Waals surface area contributed by atoms with E-state index >= 15 is 0 Å². The number of ether oxygens (including phenoxy) is 2. The summed E-state index contributed by atoms with van der Waals surface area (Å²) in [6, 6.07) is 15.0. The number of hydrogen-bond acceptors (Lipinski definition) is 6. The van der Waals surface area contributed by atoms with Crippen molar-refractivity contribution in [2.24, 2.45) is 0 Å². The third-order valence-corrected chi connectivity index (χ3v) is 5.64. The molecule has 0 spiro atoms. The Kier molecular flexibility index (Phi) is 9.37. The summed E-state index contributed by atoms with van der Waals surface area (Å²) in [6.07, 6.45) is 0.483. The summed E-state index contributed by atoms with van der Waals surface area (Å²) in [4.78, 5) is 23.8. The number of para-hydroxylation sites is 1. The van der Waals surface area contributed by atoms with Gasteiger partial charge in [0, 0.05) is 17.7 Å². The molecule has 0 amide bonds. The maximum atomic E-state index is 12.7. The standard InChI is InChI=1S/C21H25ClNO6P/c1-3-27-20(24)14-13-18-11-7-8-12-19(18)29-30(22,26)23-16(2)21(25)28-15-17-9-5-4-6-10-17/h4-12,16H,3,13-15H2,1-2H3,(H,23,26). The number of aryl methyl sites for hydroxylation is 1. The minimum atomic E-state index is -3.90. The first-order chi connectivity index (χ1) is 14.3. The fourth-order valence-corrected chi connectivity index (χ4v) is 4.27. The van der Waals surface area contributed by atoms with Gasteiger partial charge < -0.3 is 14.0 Å². The molecule has 0 fully saturated rings. The molecule has 2 rings (SSSR count). The van der Waals surface area contributed by atoms with Crippen LogP contribution in [0.3, 0.4) is 0 Å². The van der Waals surface area contributed by atoms with Crippen molar-refractivity contribution in [3.05, 3.63) is 65.7 Å². The van der Waals surface area contributed by atoms with Crippen molar-refractivity contribution in [1.29, 1.82) is 0 Å². The van der Waals surface area contributed by atoms with Crippen molar-refractivity contribution < 1.29 is 28.2 Å². The molecule has 2 unspecified atom stereocenters. The third-order valence-electron chi connectivity index (χ3n) is 4.02. The fourth-order valence-electron chi connectivity index (χ4n) is 2.56. The Balaban J connectivity index is 1.93. The number of carbonyl (C=O) groups excluding carboxylic acids is 2. The Labute approximate surface area is 181 Å². The van der Waals surface area contributed by atoms with E-state index in [1.165, 1.54) is 6.92 Å². The van der Waals surface area contributed by atoms with Crippen LogP contribution >= 0.6 is 18.1 Å². The van der Waals surface area contributed by atoms with Crippen LogP contribution in [0.1, 0.15) is 31.4 Å². The lowest BCUT2D eigenvalue weighted by Gasteiger charge is -2.19. The molecule has 162 valence electrons. The van der Waals surface area contributed by atoms with Gasteiger partial charge in [-0.05, 0) is 37.5 Å². The molecule has 1 N–H and O–H groups in total. The number of hydrogen-bond donors (Lipinski definition) is 1. The second-order valence-corrected chi connectivity index (χ2v) is 9.16. The molecule has 0 radical (unpaired) electrons. The van der Waals surface area contributed by atoms with Gasteiger partial charge in [-0.3, -0.25) is 9.59 Å². The van der Waals surface area contributed by atoms with Gasteiger partial charge in [-0.1, -0.05) is 48.5 Å². The predicted octanol–water partition coefficient (Wildman–Crippen LogP) is 4.63. The van der Waals surface area contributed by atoms with E-state index in [0.717, 1.165) is 5.56 Å². The van der Waals surface area contributed by atoms with Crippen molar-refractivity contribution in [1.82, 2.24) is 5.09 Å². The van der Waals surface area contributed by atoms with E-state index in [1.54, 1.807) is 31.2 Å². The molecule has 7 nitrogen and oxygen atoms in total. The van der Waals surface area contributed by atoms with Crippen LogP contribution in [0.4, 0.5) is 0 Å². The van der Waals surface area contributed by atoms with Gasteiger partial charge >= 0.3 is 18.8 Å². The van der Waals surface area contributed by atoms with Gasteiger partial charge in [0.05, 0.1) is 6.61 Å². The van der Waals surface area contributed by atoms with Crippen molar-refractivity contribution in [2.75, 3.05) is 6.61 Å². The lowest BCUT2D eigenvalue weighted by molar-refractivity contribution is -0.146. The molecule has 2 aromatic rings. The highest BCUT2D eigenvalue weighted by atomic mass is 35.7. The quantitative estimate of drug-likeness (QED) is 0.392. The molecular weight excluding hydrogens is 429 g/mol. The number of rotatable bonds is 11. The Morgan fingerprint density at radius 3 is 2.43 bits per heavy atom. The normalized spacial score (nSPS) is 13.7. The maximum Gasteiger partial charge on any atom is 0.409 e. The Hall–Kier alpha value is -2.34. The Bertz CT molecular complexity index is 892. The molecule has 9 heteroatoms. The van der Waals surface area contributed by atoms with Crippen LogP contribution in [-0.4, -0.2) is 24.6 Å². The van der Waals surface area contributed by atoms with Crippen LogP contribution in [0.5, 0.6) is 5.75 Å². The van der Waals surface area contributed by atoms with Crippen LogP contribution in [0.2, 0.25) is 0 Å². The molecule has 30 heavy (non-hydrogen) atoms. The summed E-state index contributed by atoms with van der Waals surface area (Å²) in [5.74, 6) is -0.689. The van der Waals surface area contributed by atoms with Gasteiger partial charge in [0.1, 0.15) is 18.4 Å². The summed E-state index contributed by atoms with van der Waals surface area (Å²) >= 11 is 6.03. The van der Waals surface area contributed by atoms with Gasteiger partial charge in [0.15, 0.2) is 0 Å². The lowest BCUT2D eigenvalue weighted by Crippen LogP contribution is -2.33. The number of carbonyl (C=O) groups is 2. The number of nitrogens with one attached hydrogen (secondary N) is 1. The lowest BCUT2D eigenvalue weighted by atomic mass is 10.1. The summed E-state index contributed by atoms with van der Waals surface area (Å²) in [5, 5.41) is 2.49. The minimum absolute atomic E-state index is 0.0931. The second-order valence-electron chi connectivity index (χ2n) is 6.43. The van der Waals surface area contributed by atoms with E-state index in [2.05, 4.69) is 5.09 Å². The third kappa shape index (κ3) is 8.19. The van der Waals surface area contributed by atoms with E-state index < -0.39 is 18.9 Å². The average molecular weight is 454 g/mol. The largest absolute Gasteiger partial charge is 0.466 e. The summed E-state index contributed by atoms with van der Waals surface area (Å²) in [7, 11) is 0. The smallest absolute Gasteiger partial charge is 0.409 e. The molecule has 0 bridgehead atoms. The first kappa shape index (κ1) is 23.9. The van der Waals surface area contributed by atoms with Gasteiger partial charge in [0.2, 0.25) is 0 Å². The Morgan fingerprint density at radius 2 is 1.73 bits per heavy atom. The highest BCUT2D eigenvalue weighted by Gasteiger charge is 2.29. The minimum Gasteiger partial charge on any atom is -0.466 e. The van der Waals surface area contributed by atoms with Gasteiger partial charge in [-0.25, -0.2) is 9.65 Å². The van der Waals surface area contributed by atoms with E-state index in [0.29, 0.717) is 18.6 Å². The highest BCUT2D eigenvalue weighted by molar-refractivity contribution is 7.84. The van der Waals surface area contributed by atoms with E-state index in [-0.39, 0.29) is 24.7 Å². The second kappa shape index (κ2) is 11.7. The SMILES string of the molecule is CCOC(=O)CCc1ccccc1OP(=O)(Cl)NC(C)C(=O)OCc1ccccc1. The van der Waals surface area contributed by atoms with Crippen molar-refractivity contribution in [2.45, 2.75) is 39.3 Å². The maximum absolute atomic E-state index is 12.7. The molecule has 0 aromatic heterocycles. The molecule has 0 saturated carbocycles. The molecule has 2 atom stereocenters. The Morgan fingerprint density at radius 1 is 1.07 bits per heavy atom. The molecule has 2 aromatic carbocycles. The summed E-state index contributed by atoms with van der Waals surface area (Å²) in [6.45, 7) is -0.290. The molecule has 0 aliphatic rings. The predicted molar refractivity (Wildman–Crippen MR) is 114 cm³/mol. The van der Waals surface area contributed by atoms with E-state index in [9.17, 15) is 14.2 Å². The molecular formula is C21H25ClNO6P. The highest BCUT2D eigenvalue weighted by Crippen LogP contribution is 2.49. The molecule has 0 saturated heterocycles. The monoisotopic (exact) mass is 453 g/mol. The van der Waals surface area contributed by atoms with Crippen LogP contribution in [0.15, 0.2) is 54.6 Å². The van der Waals surface area contributed by atoms with Crippen molar-refractivity contribution >= 4 is 30.1 Å². The summed E-state index contributed by atoms with van der Waals surface area (Å²) in [5.41, 5.74) is 1.48. The fraction of sp³-hybridized carbons (Fsp3) is 0.333. The van der Waals surface area contributed by atoms with Crippen molar-refractivity contribution in [3.8, 4) is 5.75 Å². The zero-order valence-electron chi connectivity index (χ0n) is 16.9. The molecule has 0 aliphatic heterocycles. The van der Waals surface area contributed by atoms with E-state index in [4.69, 9.17) is 25.2 Å². The first-order valence-electron chi connectivity index (χ1n) is 9.52.